The average Bonchev–Trinajstić information content (AvgIpc) is 3.18. The third-order valence-corrected chi connectivity index (χ3v) is 5.31. The summed E-state index contributed by atoms with van der Waals surface area (Å²) in [6, 6.07) is 17.1. The van der Waals surface area contributed by atoms with Crippen LogP contribution in [-0.4, -0.2) is 43.6 Å². The highest BCUT2D eigenvalue weighted by molar-refractivity contribution is 5.79. The number of hydrogen-bond donors (Lipinski definition) is 0. The molecule has 1 aliphatic rings. The number of para-hydroxylation sites is 1. The maximum atomic E-state index is 12.6. The van der Waals surface area contributed by atoms with E-state index in [1.807, 2.05) is 36.4 Å². The molecule has 30 heavy (non-hydrogen) atoms. The zero-order valence-corrected chi connectivity index (χ0v) is 16.1. The number of carbonyl (C=O) groups excluding carboxylic acids is 1. The van der Waals surface area contributed by atoms with Crippen molar-refractivity contribution in [3.05, 3.63) is 88.6 Å². The van der Waals surface area contributed by atoms with E-state index in [1.54, 1.807) is 23.1 Å². The SMILES string of the molecule is O=C(Cn1cnc2ccccc2c1=O)N1CC(c2nc(Cc3ccccc3)no2)C1. The van der Waals surface area contributed by atoms with Gasteiger partial charge in [0.25, 0.3) is 5.56 Å². The molecule has 150 valence electrons. The number of amides is 1. The highest BCUT2D eigenvalue weighted by Gasteiger charge is 2.35. The Balaban J connectivity index is 1.21. The number of likely N-dealkylation sites (tertiary alicyclic amines) is 1. The van der Waals surface area contributed by atoms with E-state index in [4.69, 9.17) is 4.52 Å². The monoisotopic (exact) mass is 401 g/mol. The maximum Gasteiger partial charge on any atom is 0.261 e. The second kappa shape index (κ2) is 7.55. The Labute approximate surface area is 171 Å². The van der Waals surface area contributed by atoms with Gasteiger partial charge in [0.1, 0.15) is 6.54 Å². The van der Waals surface area contributed by atoms with E-state index in [0.29, 0.717) is 42.1 Å². The molecule has 0 bridgehead atoms. The van der Waals surface area contributed by atoms with Crippen LogP contribution < -0.4 is 5.56 Å². The lowest BCUT2D eigenvalue weighted by atomic mass is 10.00. The lowest BCUT2D eigenvalue weighted by molar-refractivity contribution is -0.136. The van der Waals surface area contributed by atoms with E-state index >= 15 is 0 Å². The fourth-order valence-corrected chi connectivity index (χ4v) is 3.59. The molecular formula is C22H19N5O3. The summed E-state index contributed by atoms with van der Waals surface area (Å²) >= 11 is 0. The van der Waals surface area contributed by atoms with Crippen LogP contribution in [0.5, 0.6) is 0 Å². The number of benzene rings is 2. The van der Waals surface area contributed by atoms with Gasteiger partial charge in [0, 0.05) is 19.5 Å². The van der Waals surface area contributed by atoms with E-state index in [-0.39, 0.29) is 23.9 Å². The van der Waals surface area contributed by atoms with Gasteiger partial charge in [-0.15, -0.1) is 0 Å². The molecule has 0 aliphatic carbocycles. The Hall–Kier alpha value is -3.81. The summed E-state index contributed by atoms with van der Waals surface area (Å²) in [7, 11) is 0. The van der Waals surface area contributed by atoms with Gasteiger partial charge in [0.05, 0.1) is 23.1 Å². The van der Waals surface area contributed by atoms with Gasteiger partial charge in [-0.05, 0) is 17.7 Å². The second-order valence-corrected chi connectivity index (χ2v) is 7.40. The van der Waals surface area contributed by atoms with Crippen molar-refractivity contribution in [3.63, 3.8) is 0 Å². The Morgan fingerprint density at radius 2 is 1.83 bits per heavy atom. The molecule has 1 fully saturated rings. The highest BCUT2D eigenvalue weighted by Crippen LogP contribution is 2.26. The summed E-state index contributed by atoms with van der Waals surface area (Å²) in [6.45, 7) is 0.968. The van der Waals surface area contributed by atoms with Crippen LogP contribution in [0.4, 0.5) is 0 Å². The summed E-state index contributed by atoms with van der Waals surface area (Å²) in [6.07, 6.45) is 2.03. The molecule has 2 aromatic carbocycles. The van der Waals surface area contributed by atoms with Gasteiger partial charge in [-0.3, -0.25) is 14.2 Å². The lowest BCUT2D eigenvalue weighted by Crippen LogP contribution is -2.50. The number of fused-ring (bicyclic) bond motifs is 1. The normalized spacial score (nSPS) is 14.1. The standard InChI is InChI=1S/C22H19N5O3/c28-20(13-27-14-23-18-9-5-4-8-17(18)22(27)29)26-11-16(12-26)21-24-19(25-30-21)10-15-6-2-1-3-7-15/h1-9,14,16H,10-13H2. The number of nitrogens with zero attached hydrogens (tertiary/aromatic N) is 5. The van der Waals surface area contributed by atoms with Crippen molar-refractivity contribution in [2.24, 2.45) is 0 Å². The molecule has 0 unspecified atom stereocenters. The van der Waals surface area contributed by atoms with Crippen LogP contribution in [0.3, 0.4) is 0 Å². The lowest BCUT2D eigenvalue weighted by Gasteiger charge is -2.37. The van der Waals surface area contributed by atoms with Crippen molar-refractivity contribution >= 4 is 16.8 Å². The van der Waals surface area contributed by atoms with Crippen LogP contribution in [0.15, 0.2) is 70.2 Å². The van der Waals surface area contributed by atoms with Gasteiger partial charge in [0.2, 0.25) is 11.8 Å². The predicted molar refractivity (Wildman–Crippen MR) is 109 cm³/mol. The first-order valence-electron chi connectivity index (χ1n) is 9.76. The van der Waals surface area contributed by atoms with Crippen LogP contribution in [0.1, 0.15) is 23.2 Å². The molecule has 4 aromatic rings. The van der Waals surface area contributed by atoms with Crippen molar-refractivity contribution < 1.29 is 9.32 Å². The van der Waals surface area contributed by atoms with Crippen molar-refractivity contribution in [1.29, 1.82) is 0 Å². The minimum atomic E-state index is -0.214. The molecule has 5 rings (SSSR count). The average molecular weight is 401 g/mol. The molecule has 0 N–H and O–H groups in total. The van der Waals surface area contributed by atoms with Crippen molar-refractivity contribution in [3.8, 4) is 0 Å². The number of carbonyl (C=O) groups is 1. The molecule has 8 heteroatoms. The minimum absolute atomic E-state index is 0.0254. The van der Waals surface area contributed by atoms with E-state index in [1.165, 1.54) is 10.9 Å². The largest absolute Gasteiger partial charge is 0.339 e. The quantitative estimate of drug-likeness (QED) is 0.508. The van der Waals surface area contributed by atoms with E-state index in [2.05, 4.69) is 15.1 Å². The number of aromatic nitrogens is 4. The minimum Gasteiger partial charge on any atom is -0.339 e. The second-order valence-electron chi connectivity index (χ2n) is 7.40. The zero-order chi connectivity index (χ0) is 20.5. The Morgan fingerprint density at radius 1 is 1.07 bits per heavy atom. The molecule has 0 atom stereocenters. The van der Waals surface area contributed by atoms with Gasteiger partial charge in [0.15, 0.2) is 5.82 Å². The smallest absolute Gasteiger partial charge is 0.261 e. The van der Waals surface area contributed by atoms with E-state index < -0.39 is 0 Å². The topological polar surface area (TPSA) is 94.1 Å². The van der Waals surface area contributed by atoms with Crippen LogP contribution in [0.2, 0.25) is 0 Å². The Kier molecular flexibility index (Phi) is 4.59. The first-order chi connectivity index (χ1) is 14.7. The van der Waals surface area contributed by atoms with Crippen LogP contribution in [0, 0.1) is 0 Å². The molecule has 3 heterocycles. The molecular weight excluding hydrogens is 382 g/mol. The molecule has 1 aliphatic heterocycles. The predicted octanol–water partition coefficient (Wildman–Crippen LogP) is 2.00. The van der Waals surface area contributed by atoms with Crippen LogP contribution >= 0.6 is 0 Å². The molecule has 1 saturated heterocycles. The summed E-state index contributed by atoms with van der Waals surface area (Å²) in [5, 5.41) is 4.55. The third-order valence-electron chi connectivity index (χ3n) is 5.31. The summed E-state index contributed by atoms with van der Waals surface area (Å²) < 4.78 is 6.74. The van der Waals surface area contributed by atoms with Crippen molar-refractivity contribution in [1.82, 2.24) is 24.6 Å². The van der Waals surface area contributed by atoms with Gasteiger partial charge in [-0.2, -0.15) is 4.98 Å². The molecule has 1 amide bonds. The molecule has 0 spiro atoms. The fourth-order valence-electron chi connectivity index (χ4n) is 3.59. The van der Waals surface area contributed by atoms with Gasteiger partial charge >= 0.3 is 0 Å². The van der Waals surface area contributed by atoms with Gasteiger partial charge < -0.3 is 9.42 Å². The molecule has 0 radical (unpaired) electrons. The summed E-state index contributed by atoms with van der Waals surface area (Å²) in [5.41, 5.74) is 1.52. The molecule has 2 aromatic heterocycles. The van der Waals surface area contributed by atoms with Crippen LogP contribution in [-0.2, 0) is 17.8 Å². The Morgan fingerprint density at radius 3 is 2.67 bits per heavy atom. The molecule has 0 saturated carbocycles. The number of rotatable bonds is 5. The number of hydrogen-bond acceptors (Lipinski definition) is 6. The summed E-state index contributed by atoms with van der Waals surface area (Å²) in [5.74, 6) is 1.08. The summed E-state index contributed by atoms with van der Waals surface area (Å²) in [4.78, 5) is 35.5. The maximum absolute atomic E-state index is 12.6. The van der Waals surface area contributed by atoms with Gasteiger partial charge in [-0.25, -0.2) is 4.98 Å². The van der Waals surface area contributed by atoms with Crippen LogP contribution in [0.25, 0.3) is 10.9 Å². The highest BCUT2D eigenvalue weighted by atomic mass is 16.5. The first kappa shape index (κ1) is 18.2. The van der Waals surface area contributed by atoms with Gasteiger partial charge in [-0.1, -0.05) is 47.6 Å². The Bertz CT molecular complexity index is 1260. The van der Waals surface area contributed by atoms with E-state index in [9.17, 15) is 9.59 Å². The van der Waals surface area contributed by atoms with Crippen molar-refractivity contribution in [2.75, 3.05) is 13.1 Å². The first-order valence-corrected chi connectivity index (χ1v) is 9.76. The zero-order valence-electron chi connectivity index (χ0n) is 16.1. The fraction of sp³-hybridized carbons (Fsp3) is 0.227. The van der Waals surface area contributed by atoms with E-state index in [0.717, 1.165) is 5.56 Å². The van der Waals surface area contributed by atoms with Crippen molar-refractivity contribution in [2.45, 2.75) is 18.9 Å². The third kappa shape index (κ3) is 3.47. The molecule has 8 nitrogen and oxygen atoms in total.